The van der Waals surface area contributed by atoms with Crippen molar-refractivity contribution in [3.63, 3.8) is 0 Å². The number of nitrogens with zero attached hydrogens (tertiary/aromatic N) is 2. The molecule has 5 nitrogen and oxygen atoms in total. The Morgan fingerprint density at radius 3 is 2.43 bits per heavy atom. The van der Waals surface area contributed by atoms with Gasteiger partial charge in [-0.2, -0.15) is 4.98 Å². The number of anilines is 3. The second-order valence-electron chi connectivity index (χ2n) is 7.03. The highest BCUT2D eigenvalue weighted by Gasteiger charge is 2.02. The van der Waals surface area contributed by atoms with Crippen LogP contribution >= 0.6 is 0 Å². The van der Waals surface area contributed by atoms with Gasteiger partial charge in [0.1, 0.15) is 18.2 Å². The lowest BCUT2D eigenvalue weighted by molar-refractivity contribution is 0.306. The Morgan fingerprint density at radius 1 is 0.833 bits per heavy atom. The molecule has 5 heteroatoms. The Hall–Kier alpha value is -3.86. The summed E-state index contributed by atoms with van der Waals surface area (Å²) >= 11 is 0. The Kier molecular flexibility index (Phi) is 6.20. The molecule has 0 aliphatic heterocycles. The molecular formula is C25H24N4O. The fourth-order valence-electron chi connectivity index (χ4n) is 3.04. The van der Waals surface area contributed by atoms with Crippen molar-refractivity contribution >= 4 is 17.5 Å². The van der Waals surface area contributed by atoms with Crippen LogP contribution in [0, 0.1) is 6.92 Å². The van der Waals surface area contributed by atoms with E-state index in [0.717, 1.165) is 22.8 Å². The van der Waals surface area contributed by atoms with Crippen LogP contribution in [-0.4, -0.2) is 9.97 Å². The van der Waals surface area contributed by atoms with Crippen molar-refractivity contribution in [2.24, 2.45) is 0 Å². The predicted octanol–water partition coefficient (Wildman–Crippen LogP) is 5.72. The van der Waals surface area contributed by atoms with E-state index in [1.165, 1.54) is 11.1 Å². The summed E-state index contributed by atoms with van der Waals surface area (Å²) in [6, 6.07) is 28.2. The number of ether oxygens (including phenoxy) is 1. The molecule has 0 spiro atoms. The topological polar surface area (TPSA) is 59.1 Å². The van der Waals surface area contributed by atoms with E-state index < -0.39 is 0 Å². The second-order valence-corrected chi connectivity index (χ2v) is 7.03. The van der Waals surface area contributed by atoms with Gasteiger partial charge in [-0.1, -0.05) is 60.2 Å². The van der Waals surface area contributed by atoms with Gasteiger partial charge in [0.25, 0.3) is 0 Å². The Balaban J connectivity index is 1.33. The van der Waals surface area contributed by atoms with Crippen molar-refractivity contribution in [1.82, 2.24) is 9.97 Å². The summed E-state index contributed by atoms with van der Waals surface area (Å²) in [5, 5.41) is 6.58. The van der Waals surface area contributed by atoms with Crippen molar-refractivity contribution < 1.29 is 4.74 Å². The predicted molar refractivity (Wildman–Crippen MR) is 121 cm³/mol. The lowest BCUT2D eigenvalue weighted by atomic mass is 10.1. The third kappa shape index (κ3) is 5.58. The quantitative estimate of drug-likeness (QED) is 0.399. The SMILES string of the molecule is Cc1cccc(CNc2nccc(Nc3ccc(OCc4ccccc4)cc3)n2)c1. The smallest absolute Gasteiger partial charge is 0.224 e. The van der Waals surface area contributed by atoms with Gasteiger partial charge in [0.05, 0.1) is 0 Å². The van der Waals surface area contributed by atoms with Crippen LogP contribution in [0.4, 0.5) is 17.5 Å². The zero-order valence-corrected chi connectivity index (χ0v) is 16.9. The summed E-state index contributed by atoms with van der Waals surface area (Å²) in [5.41, 5.74) is 4.52. The Bertz CT molecular complexity index is 1080. The normalized spacial score (nSPS) is 10.4. The van der Waals surface area contributed by atoms with E-state index in [-0.39, 0.29) is 0 Å². The first-order valence-electron chi connectivity index (χ1n) is 9.91. The van der Waals surface area contributed by atoms with E-state index in [9.17, 15) is 0 Å². The molecule has 0 radical (unpaired) electrons. The van der Waals surface area contributed by atoms with Crippen molar-refractivity contribution in [1.29, 1.82) is 0 Å². The van der Waals surface area contributed by atoms with Crippen LogP contribution in [0.25, 0.3) is 0 Å². The van der Waals surface area contributed by atoms with Crippen molar-refractivity contribution in [3.05, 3.63) is 108 Å². The highest BCUT2D eigenvalue weighted by Crippen LogP contribution is 2.20. The van der Waals surface area contributed by atoms with Gasteiger partial charge in [0.2, 0.25) is 5.95 Å². The van der Waals surface area contributed by atoms with Gasteiger partial charge in [0, 0.05) is 18.4 Å². The summed E-state index contributed by atoms with van der Waals surface area (Å²) in [5.74, 6) is 2.15. The number of hydrogen-bond donors (Lipinski definition) is 2. The van der Waals surface area contributed by atoms with Gasteiger partial charge in [-0.05, 0) is 48.4 Å². The molecule has 4 rings (SSSR count). The molecule has 0 saturated heterocycles. The van der Waals surface area contributed by atoms with Crippen LogP contribution in [-0.2, 0) is 13.2 Å². The van der Waals surface area contributed by atoms with Gasteiger partial charge in [-0.3, -0.25) is 0 Å². The Labute approximate surface area is 176 Å². The molecule has 2 N–H and O–H groups in total. The van der Waals surface area contributed by atoms with E-state index in [1.807, 2.05) is 48.5 Å². The number of benzene rings is 3. The maximum absolute atomic E-state index is 5.84. The van der Waals surface area contributed by atoms with E-state index in [1.54, 1.807) is 6.20 Å². The fraction of sp³-hybridized carbons (Fsp3) is 0.120. The summed E-state index contributed by atoms with van der Waals surface area (Å²) in [4.78, 5) is 8.84. The summed E-state index contributed by atoms with van der Waals surface area (Å²) in [7, 11) is 0. The molecule has 30 heavy (non-hydrogen) atoms. The molecule has 0 unspecified atom stereocenters. The monoisotopic (exact) mass is 396 g/mol. The molecule has 1 aromatic heterocycles. The zero-order chi connectivity index (χ0) is 20.6. The number of aryl methyl sites for hydroxylation is 1. The molecule has 0 aliphatic rings. The van der Waals surface area contributed by atoms with Crippen LogP contribution in [0.2, 0.25) is 0 Å². The fourth-order valence-corrected chi connectivity index (χ4v) is 3.04. The highest BCUT2D eigenvalue weighted by atomic mass is 16.5. The lowest BCUT2D eigenvalue weighted by Crippen LogP contribution is -2.05. The first-order valence-corrected chi connectivity index (χ1v) is 9.91. The van der Waals surface area contributed by atoms with E-state index >= 15 is 0 Å². The molecule has 0 amide bonds. The molecule has 3 aromatic carbocycles. The summed E-state index contributed by atoms with van der Waals surface area (Å²) < 4.78 is 5.84. The number of aromatic nitrogens is 2. The van der Waals surface area contributed by atoms with Crippen molar-refractivity contribution in [2.45, 2.75) is 20.1 Å². The first kappa shape index (κ1) is 19.5. The van der Waals surface area contributed by atoms with Crippen LogP contribution < -0.4 is 15.4 Å². The molecule has 0 atom stereocenters. The Morgan fingerprint density at radius 2 is 1.63 bits per heavy atom. The summed E-state index contributed by atoms with van der Waals surface area (Å²) in [6.07, 6.45) is 1.74. The molecular weight excluding hydrogens is 372 g/mol. The third-order valence-electron chi connectivity index (χ3n) is 4.56. The molecule has 150 valence electrons. The maximum Gasteiger partial charge on any atom is 0.224 e. The minimum atomic E-state index is 0.551. The van der Waals surface area contributed by atoms with Gasteiger partial charge in [-0.15, -0.1) is 0 Å². The van der Waals surface area contributed by atoms with Crippen LogP contribution in [0.3, 0.4) is 0 Å². The van der Waals surface area contributed by atoms with E-state index in [0.29, 0.717) is 19.1 Å². The average molecular weight is 396 g/mol. The van der Waals surface area contributed by atoms with E-state index in [4.69, 9.17) is 4.74 Å². The molecule has 0 aliphatic carbocycles. The van der Waals surface area contributed by atoms with Gasteiger partial charge in [-0.25, -0.2) is 4.98 Å². The first-order chi connectivity index (χ1) is 14.7. The van der Waals surface area contributed by atoms with Gasteiger partial charge < -0.3 is 15.4 Å². The highest BCUT2D eigenvalue weighted by molar-refractivity contribution is 5.57. The van der Waals surface area contributed by atoms with Crippen LogP contribution in [0.1, 0.15) is 16.7 Å². The van der Waals surface area contributed by atoms with Crippen LogP contribution in [0.15, 0.2) is 91.1 Å². The standard InChI is InChI=1S/C25H24N4O/c1-19-6-5-9-21(16-19)17-27-25-26-15-14-24(29-25)28-22-10-12-23(13-11-22)30-18-20-7-3-2-4-8-20/h2-16H,17-18H2,1H3,(H2,26,27,28,29). The number of hydrogen-bond acceptors (Lipinski definition) is 5. The van der Waals surface area contributed by atoms with Crippen LogP contribution in [0.5, 0.6) is 5.75 Å². The number of nitrogens with one attached hydrogen (secondary N) is 2. The molecule has 0 saturated carbocycles. The molecule has 4 aromatic rings. The third-order valence-corrected chi connectivity index (χ3v) is 4.56. The largest absolute Gasteiger partial charge is 0.489 e. The molecule has 0 fully saturated rings. The molecule has 1 heterocycles. The zero-order valence-electron chi connectivity index (χ0n) is 16.9. The average Bonchev–Trinajstić information content (AvgIpc) is 2.78. The van der Waals surface area contributed by atoms with E-state index in [2.05, 4.69) is 63.9 Å². The van der Waals surface area contributed by atoms with Crippen molar-refractivity contribution in [3.8, 4) is 5.75 Å². The van der Waals surface area contributed by atoms with Crippen molar-refractivity contribution in [2.75, 3.05) is 10.6 Å². The number of rotatable bonds is 8. The minimum Gasteiger partial charge on any atom is -0.489 e. The lowest BCUT2D eigenvalue weighted by Gasteiger charge is -2.10. The maximum atomic E-state index is 5.84. The second kappa shape index (κ2) is 9.56. The van der Waals surface area contributed by atoms with Gasteiger partial charge >= 0.3 is 0 Å². The van der Waals surface area contributed by atoms with Gasteiger partial charge in [0.15, 0.2) is 0 Å². The minimum absolute atomic E-state index is 0.551. The molecule has 0 bridgehead atoms. The summed E-state index contributed by atoms with van der Waals surface area (Å²) in [6.45, 7) is 3.32.